The van der Waals surface area contributed by atoms with Crippen LogP contribution in [-0.4, -0.2) is 60.7 Å². The maximum atomic E-state index is 11.9. The number of aromatic nitrogens is 2. The van der Waals surface area contributed by atoms with Crippen molar-refractivity contribution in [3.8, 4) is 0 Å². The van der Waals surface area contributed by atoms with Gasteiger partial charge in [-0.15, -0.1) is 0 Å². The number of rotatable bonds is 4. The van der Waals surface area contributed by atoms with Crippen LogP contribution in [0.1, 0.15) is 12.6 Å². The SMILES string of the molecule is CCOC(=O)Cc1nc(N2CCN(C)CC2)nc2ccc(Cl)cc12. The summed E-state index contributed by atoms with van der Waals surface area (Å²) >= 11 is 6.11. The minimum atomic E-state index is -0.290. The first-order valence-corrected chi connectivity index (χ1v) is 8.50. The van der Waals surface area contributed by atoms with E-state index in [0.717, 1.165) is 37.1 Å². The summed E-state index contributed by atoms with van der Waals surface area (Å²) in [6.07, 6.45) is 0.119. The van der Waals surface area contributed by atoms with Gasteiger partial charge in [-0.05, 0) is 32.2 Å². The van der Waals surface area contributed by atoms with Gasteiger partial charge in [0.1, 0.15) is 0 Å². The highest BCUT2D eigenvalue weighted by Gasteiger charge is 2.19. The second kappa shape index (κ2) is 7.32. The van der Waals surface area contributed by atoms with Crippen molar-refractivity contribution in [1.29, 1.82) is 0 Å². The van der Waals surface area contributed by atoms with Gasteiger partial charge < -0.3 is 14.5 Å². The van der Waals surface area contributed by atoms with Crippen molar-refractivity contribution in [2.75, 3.05) is 44.7 Å². The van der Waals surface area contributed by atoms with Crippen LogP contribution in [0, 0.1) is 0 Å². The molecule has 1 fully saturated rings. The highest BCUT2D eigenvalue weighted by atomic mass is 35.5. The summed E-state index contributed by atoms with van der Waals surface area (Å²) in [5, 5.41) is 1.40. The first-order chi connectivity index (χ1) is 11.6. The molecule has 0 amide bonds. The third kappa shape index (κ3) is 3.76. The number of carbonyl (C=O) groups excluding carboxylic acids is 1. The van der Waals surface area contributed by atoms with Crippen molar-refractivity contribution in [2.45, 2.75) is 13.3 Å². The van der Waals surface area contributed by atoms with E-state index in [4.69, 9.17) is 16.3 Å². The molecular weight excluding hydrogens is 328 g/mol. The van der Waals surface area contributed by atoms with E-state index in [2.05, 4.69) is 26.8 Å². The van der Waals surface area contributed by atoms with Gasteiger partial charge in [0.05, 0.1) is 24.2 Å². The van der Waals surface area contributed by atoms with Gasteiger partial charge in [0, 0.05) is 36.6 Å². The zero-order valence-corrected chi connectivity index (χ0v) is 14.7. The Bertz CT molecular complexity index is 745. The van der Waals surface area contributed by atoms with Crippen molar-refractivity contribution < 1.29 is 9.53 Å². The first kappa shape index (κ1) is 16.9. The minimum absolute atomic E-state index is 0.119. The van der Waals surface area contributed by atoms with Crippen LogP contribution in [0.3, 0.4) is 0 Å². The average molecular weight is 349 g/mol. The van der Waals surface area contributed by atoms with Crippen LogP contribution in [0.2, 0.25) is 5.02 Å². The third-order valence-corrected chi connectivity index (χ3v) is 4.36. The van der Waals surface area contributed by atoms with E-state index < -0.39 is 0 Å². The summed E-state index contributed by atoms with van der Waals surface area (Å²) in [6, 6.07) is 5.48. The van der Waals surface area contributed by atoms with Crippen LogP contribution < -0.4 is 4.90 Å². The van der Waals surface area contributed by atoms with E-state index >= 15 is 0 Å². The van der Waals surface area contributed by atoms with Crippen molar-refractivity contribution in [1.82, 2.24) is 14.9 Å². The lowest BCUT2D eigenvalue weighted by molar-refractivity contribution is -0.142. The number of ether oxygens (including phenoxy) is 1. The molecule has 0 bridgehead atoms. The van der Waals surface area contributed by atoms with Gasteiger partial charge in [0.25, 0.3) is 0 Å². The van der Waals surface area contributed by atoms with Crippen molar-refractivity contribution in [2.24, 2.45) is 0 Å². The Balaban J connectivity index is 1.98. The molecule has 0 saturated carbocycles. The molecule has 0 radical (unpaired) electrons. The number of piperazine rings is 1. The van der Waals surface area contributed by atoms with E-state index in [1.54, 1.807) is 19.1 Å². The highest BCUT2D eigenvalue weighted by Crippen LogP contribution is 2.24. The Morgan fingerprint density at radius 1 is 1.25 bits per heavy atom. The maximum absolute atomic E-state index is 11.9. The molecule has 1 aromatic heterocycles. The number of esters is 1. The lowest BCUT2D eigenvalue weighted by Gasteiger charge is -2.32. The molecular formula is C17H21ClN4O2. The monoisotopic (exact) mass is 348 g/mol. The van der Waals surface area contributed by atoms with Crippen molar-refractivity contribution >= 4 is 34.4 Å². The molecule has 0 atom stereocenters. The predicted octanol–water partition coefficient (Wildman–Crippen LogP) is 2.14. The minimum Gasteiger partial charge on any atom is -0.466 e. The van der Waals surface area contributed by atoms with E-state index in [0.29, 0.717) is 23.3 Å². The van der Waals surface area contributed by atoms with Crippen molar-refractivity contribution in [3.63, 3.8) is 0 Å². The second-order valence-electron chi connectivity index (χ2n) is 5.90. The Morgan fingerprint density at radius 3 is 2.71 bits per heavy atom. The molecule has 0 spiro atoms. The summed E-state index contributed by atoms with van der Waals surface area (Å²) < 4.78 is 5.07. The topological polar surface area (TPSA) is 58.6 Å². The summed E-state index contributed by atoms with van der Waals surface area (Å²) in [6.45, 7) is 5.82. The Morgan fingerprint density at radius 2 is 2.00 bits per heavy atom. The van der Waals surface area contributed by atoms with Crippen LogP contribution in [0.5, 0.6) is 0 Å². The van der Waals surface area contributed by atoms with Gasteiger partial charge in [-0.3, -0.25) is 4.79 Å². The van der Waals surface area contributed by atoms with Crippen LogP contribution >= 0.6 is 11.6 Å². The lowest BCUT2D eigenvalue weighted by Crippen LogP contribution is -2.45. The molecule has 128 valence electrons. The van der Waals surface area contributed by atoms with Crippen LogP contribution in [-0.2, 0) is 16.0 Å². The molecule has 1 aliphatic heterocycles. The molecule has 2 heterocycles. The van der Waals surface area contributed by atoms with Gasteiger partial charge in [0.15, 0.2) is 0 Å². The molecule has 7 heteroatoms. The van der Waals surface area contributed by atoms with Crippen LogP contribution in [0.25, 0.3) is 10.9 Å². The molecule has 0 unspecified atom stereocenters. The summed E-state index contributed by atoms with van der Waals surface area (Å²) in [4.78, 5) is 25.7. The maximum Gasteiger partial charge on any atom is 0.311 e. The molecule has 3 rings (SSSR count). The molecule has 2 aromatic rings. The number of carbonyl (C=O) groups is 1. The van der Waals surface area contributed by atoms with E-state index in [1.165, 1.54) is 0 Å². The zero-order chi connectivity index (χ0) is 17.1. The normalized spacial score (nSPS) is 15.7. The molecule has 1 saturated heterocycles. The Labute approximate surface area is 146 Å². The Hall–Kier alpha value is -1.92. The summed E-state index contributed by atoms with van der Waals surface area (Å²) in [5.74, 6) is 0.374. The number of hydrogen-bond donors (Lipinski definition) is 0. The quantitative estimate of drug-likeness (QED) is 0.789. The second-order valence-corrected chi connectivity index (χ2v) is 6.34. The molecule has 0 aliphatic carbocycles. The predicted molar refractivity (Wildman–Crippen MR) is 94.6 cm³/mol. The molecule has 1 aliphatic rings. The number of anilines is 1. The summed E-state index contributed by atoms with van der Waals surface area (Å²) in [7, 11) is 2.10. The first-order valence-electron chi connectivity index (χ1n) is 8.12. The van der Waals surface area contributed by atoms with E-state index in [9.17, 15) is 4.79 Å². The average Bonchev–Trinajstić information content (AvgIpc) is 2.56. The van der Waals surface area contributed by atoms with Crippen molar-refractivity contribution in [3.05, 3.63) is 28.9 Å². The molecule has 0 N–H and O–H groups in total. The largest absolute Gasteiger partial charge is 0.466 e. The number of fused-ring (bicyclic) bond motifs is 1. The lowest BCUT2D eigenvalue weighted by atomic mass is 10.1. The van der Waals surface area contributed by atoms with Crippen LogP contribution in [0.4, 0.5) is 5.95 Å². The van der Waals surface area contributed by atoms with E-state index in [-0.39, 0.29) is 12.4 Å². The van der Waals surface area contributed by atoms with Gasteiger partial charge in [-0.25, -0.2) is 9.97 Å². The standard InChI is InChI=1S/C17H21ClN4O2/c1-3-24-16(23)11-15-13-10-12(18)4-5-14(13)19-17(20-15)22-8-6-21(2)7-9-22/h4-5,10H,3,6-9,11H2,1-2H3. The van der Waals surface area contributed by atoms with Gasteiger partial charge in [-0.1, -0.05) is 11.6 Å². The number of nitrogens with zero attached hydrogens (tertiary/aromatic N) is 4. The van der Waals surface area contributed by atoms with Gasteiger partial charge in [-0.2, -0.15) is 0 Å². The third-order valence-electron chi connectivity index (χ3n) is 4.13. The number of benzene rings is 1. The zero-order valence-electron chi connectivity index (χ0n) is 14.0. The summed E-state index contributed by atoms with van der Waals surface area (Å²) in [5.41, 5.74) is 1.46. The Kier molecular flexibility index (Phi) is 5.16. The molecule has 6 nitrogen and oxygen atoms in total. The molecule has 1 aromatic carbocycles. The fourth-order valence-corrected chi connectivity index (χ4v) is 2.95. The van der Waals surface area contributed by atoms with E-state index in [1.807, 2.05) is 6.07 Å². The van der Waals surface area contributed by atoms with Crippen LogP contribution in [0.15, 0.2) is 18.2 Å². The highest BCUT2D eigenvalue weighted by molar-refractivity contribution is 6.31. The van der Waals surface area contributed by atoms with Gasteiger partial charge in [0.2, 0.25) is 5.95 Å². The van der Waals surface area contributed by atoms with Gasteiger partial charge >= 0.3 is 5.97 Å². The molecule has 24 heavy (non-hydrogen) atoms. The number of halogens is 1. The smallest absolute Gasteiger partial charge is 0.311 e. The fourth-order valence-electron chi connectivity index (χ4n) is 2.78. The number of hydrogen-bond acceptors (Lipinski definition) is 6. The number of likely N-dealkylation sites (N-methyl/N-ethyl adjacent to an activating group) is 1. The fraction of sp³-hybridized carbons (Fsp3) is 0.471.